The zero-order valence-corrected chi connectivity index (χ0v) is 18.1. The number of hydrogen-bond donors (Lipinski definition) is 0. The van der Waals surface area contributed by atoms with Gasteiger partial charge in [-0.1, -0.05) is 49.3 Å². The molecule has 1 atom stereocenters. The van der Waals surface area contributed by atoms with E-state index in [1.807, 2.05) is 31.2 Å². The largest absolute Gasteiger partial charge is 0.361 e. The Morgan fingerprint density at radius 1 is 1.03 bits per heavy atom. The minimum Gasteiger partial charge on any atom is -0.361 e. The normalized spacial score (nSPS) is 22.2. The van der Waals surface area contributed by atoms with E-state index in [2.05, 4.69) is 31.1 Å². The summed E-state index contributed by atoms with van der Waals surface area (Å²) >= 11 is 0. The van der Waals surface area contributed by atoms with Crippen LogP contribution >= 0.6 is 0 Å². The summed E-state index contributed by atoms with van der Waals surface area (Å²) in [6, 6.07) is 12.3. The van der Waals surface area contributed by atoms with Crippen LogP contribution in [0, 0.1) is 12.3 Å². The second-order valence-electron chi connectivity index (χ2n) is 9.39. The number of nitrogens with zero attached hydrogens (tertiary/aromatic N) is 3. The maximum atomic E-state index is 13.0. The molecule has 0 radical (unpaired) electrons. The topological polar surface area (TPSA) is 66.7 Å². The fraction of sp³-hybridized carbons (Fsp3) is 0.542. The van der Waals surface area contributed by atoms with Crippen LogP contribution < -0.4 is 0 Å². The molecule has 30 heavy (non-hydrogen) atoms. The Morgan fingerprint density at radius 2 is 1.70 bits per heavy atom. The predicted octanol–water partition coefficient (Wildman–Crippen LogP) is 3.73. The van der Waals surface area contributed by atoms with E-state index in [0.29, 0.717) is 26.2 Å². The Kier molecular flexibility index (Phi) is 5.67. The molecule has 2 amide bonds. The van der Waals surface area contributed by atoms with E-state index in [-0.39, 0.29) is 29.1 Å². The second-order valence-corrected chi connectivity index (χ2v) is 9.39. The zero-order valence-electron chi connectivity index (χ0n) is 18.1. The quantitative estimate of drug-likeness (QED) is 0.709. The van der Waals surface area contributed by atoms with Crippen molar-refractivity contribution in [1.82, 2.24) is 15.0 Å². The number of piperidine rings is 2. The molecule has 1 aromatic heterocycles. The molecule has 0 saturated carbocycles. The fourth-order valence-electron chi connectivity index (χ4n) is 4.80. The number of rotatable bonds is 2. The lowest BCUT2D eigenvalue weighted by atomic mass is 9.70. The van der Waals surface area contributed by atoms with Gasteiger partial charge < -0.3 is 14.3 Å². The van der Waals surface area contributed by atoms with Crippen molar-refractivity contribution in [2.75, 3.05) is 26.2 Å². The molecule has 1 aromatic carbocycles. The van der Waals surface area contributed by atoms with Gasteiger partial charge in [0.2, 0.25) is 0 Å². The molecule has 2 aromatic rings. The maximum absolute atomic E-state index is 13.0. The Labute approximate surface area is 178 Å². The smallest absolute Gasteiger partial charge is 0.312 e. The number of hydrogen-bond acceptors (Lipinski definition) is 4. The van der Waals surface area contributed by atoms with Crippen LogP contribution in [0.4, 0.5) is 0 Å². The molecule has 2 fully saturated rings. The minimum absolute atomic E-state index is 0.0920. The van der Waals surface area contributed by atoms with Crippen molar-refractivity contribution in [3.8, 4) is 0 Å². The predicted molar refractivity (Wildman–Crippen MR) is 114 cm³/mol. The Bertz CT molecular complexity index is 897. The van der Waals surface area contributed by atoms with Crippen molar-refractivity contribution in [1.29, 1.82) is 0 Å². The summed E-state index contributed by atoms with van der Waals surface area (Å²) in [6.07, 6.45) is 2.49. The van der Waals surface area contributed by atoms with Crippen LogP contribution in [0.15, 0.2) is 40.9 Å². The van der Waals surface area contributed by atoms with Crippen LogP contribution in [0.3, 0.4) is 0 Å². The molecular weight excluding hydrogens is 378 g/mol. The van der Waals surface area contributed by atoms with Gasteiger partial charge in [-0.15, -0.1) is 0 Å². The summed E-state index contributed by atoms with van der Waals surface area (Å²) in [5, 5.41) is 3.96. The van der Waals surface area contributed by atoms with Crippen molar-refractivity contribution in [3.63, 3.8) is 0 Å². The molecule has 0 N–H and O–H groups in total. The molecule has 1 unspecified atom stereocenters. The molecule has 6 heteroatoms. The third-order valence-electron chi connectivity index (χ3n) is 6.88. The van der Waals surface area contributed by atoms with Gasteiger partial charge in [0.05, 0.1) is 5.69 Å². The monoisotopic (exact) mass is 409 g/mol. The van der Waals surface area contributed by atoms with Crippen molar-refractivity contribution >= 4 is 11.8 Å². The SMILES string of the molecule is Cc1cc(C2CCN(C(=O)C(=O)N3CCC(C)(C)C(c4ccccc4)C3)CC2)on1. The first-order valence-corrected chi connectivity index (χ1v) is 10.9. The van der Waals surface area contributed by atoms with Crippen molar-refractivity contribution in [3.05, 3.63) is 53.4 Å². The average Bonchev–Trinajstić information content (AvgIpc) is 3.19. The molecule has 4 rings (SSSR count). The van der Waals surface area contributed by atoms with E-state index >= 15 is 0 Å². The summed E-state index contributed by atoms with van der Waals surface area (Å²) in [4.78, 5) is 29.5. The number of amides is 2. The number of likely N-dealkylation sites (tertiary alicyclic amines) is 2. The first-order chi connectivity index (χ1) is 14.3. The van der Waals surface area contributed by atoms with E-state index < -0.39 is 0 Å². The zero-order chi connectivity index (χ0) is 21.3. The Balaban J connectivity index is 1.39. The van der Waals surface area contributed by atoms with Crippen LogP contribution in [0.25, 0.3) is 0 Å². The highest BCUT2D eigenvalue weighted by molar-refractivity contribution is 6.34. The van der Waals surface area contributed by atoms with Gasteiger partial charge in [-0.05, 0) is 37.2 Å². The van der Waals surface area contributed by atoms with Gasteiger partial charge >= 0.3 is 11.8 Å². The van der Waals surface area contributed by atoms with Crippen LogP contribution in [0.2, 0.25) is 0 Å². The Hall–Kier alpha value is -2.63. The van der Waals surface area contributed by atoms with E-state index in [4.69, 9.17) is 4.52 Å². The molecule has 0 bridgehead atoms. The van der Waals surface area contributed by atoms with Gasteiger partial charge in [0.25, 0.3) is 0 Å². The van der Waals surface area contributed by atoms with Crippen molar-refractivity contribution in [2.45, 2.75) is 51.9 Å². The molecule has 160 valence electrons. The van der Waals surface area contributed by atoms with Gasteiger partial charge in [-0.2, -0.15) is 0 Å². The number of carbonyl (C=O) groups is 2. The number of carbonyl (C=O) groups excluding carboxylic acids is 2. The van der Waals surface area contributed by atoms with E-state index in [9.17, 15) is 9.59 Å². The average molecular weight is 410 g/mol. The van der Waals surface area contributed by atoms with Gasteiger partial charge in [0.1, 0.15) is 5.76 Å². The molecule has 2 aliphatic heterocycles. The summed E-state index contributed by atoms with van der Waals surface area (Å²) < 4.78 is 5.39. The lowest BCUT2D eigenvalue weighted by Gasteiger charge is -2.44. The summed E-state index contributed by atoms with van der Waals surface area (Å²) in [5.74, 6) is 0.650. The summed E-state index contributed by atoms with van der Waals surface area (Å²) in [5.41, 5.74) is 2.20. The van der Waals surface area contributed by atoms with Crippen LogP contribution in [0.1, 0.15) is 62.0 Å². The number of benzene rings is 1. The minimum atomic E-state index is -0.367. The van der Waals surface area contributed by atoms with E-state index in [1.54, 1.807) is 9.80 Å². The molecular formula is C24H31N3O3. The standard InChI is InChI=1S/C24H31N3O3/c1-17-15-21(30-25-17)19-9-12-26(13-10-19)22(28)23(29)27-14-11-24(2,3)20(16-27)18-7-5-4-6-8-18/h4-8,15,19-20H,9-14,16H2,1-3H3. The number of aromatic nitrogens is 1. The molecule has 3 heterocycles. The molecule has 0 spiro atoms. The van der Waals surface area contributed by atoms with Gasteiger partial charge in [-0.3, -0.25) is 9.59 Å². The molecule has 0 aliphatic carbocycles. The lowest BCUT2D eigenvalue weighted by molar-refractivity contribution is -0.154. The van der Waals surface area contributed by atoms with Crippen molar-refractivity contribution in [2.24, 2.45) is 5.41 Å². The molecule has 6 nitrogen and oxygen atoms in total. The van der Waals surface area contributed by atoms with Gasteiger partial charge in [0.15, 0.2) is 0 Å². The highest BCUT2D eigenvalue weighted by atomic mass is 16.5. The van der Waals surface area contributed by atoms with Gasteiger partial charge in [0, 0.05) is 44.1 Å². The van der Waals surface area contributed by atoms with Gasteiger partial charge in [-0.25, -0.2) is 0 Å². The summed E-state index contributed by atoms with van der Waals surface area (Å²) in [7, 11) is 0. The van der Waals surface area contributed by atoms with Crippen LogP contribution in [-0.4, -0.2) is 52.9 Å². The first kappa shape index (κ1) is 20.6. The lowest BCUT2D eigenvalue weighted by Crippen LogP contribution is -2.52. The summed E-state index contributed by atoms with van der Waals surface area (Å²) in [6.45, 7) is 8.80. The highest BCUT2D eigenvalue weighted by Gasteiger charge is 2.40. The molecule has 2 aliphatic rings. The van der Waals surface area contributed by atoms with E-state index in [1.165, 1.54) is 5.56 Å². The third-order valence-corrected chi connectivity index (χ3v) is 6.88. The molecule has 2 saturated heterocycles. The van der Waals surface area contributed by atoms with Crippen molar-refractivity contribution < 1.29 is 14.1 Å². The second kappa shape index (κ2) is 8.25. The number of aryl methyl sites for hydroxylation is 1. The van der Waals surface area contributed by atoms with Crippen LogP contribution in [-0.2, 0) is 9.59 Å². The first-order valence-electron chi connectivity index (χ1n) is 10.9. The fourth-order valence-corrected chi connectivity index (χ4v) is 4.80. The third kappa shape index (κ3) is 4.13. The van der Waals surface area contributed by atoms with Crippen LogP contribution in [0.5, 0.6) is 0 Å². The Morgan fingerprint density at radius 3 is 2.33 bits per heavy atom. The van der Waals surface area contributed by atoms with E-state index in [0.717, 1.165) is 30.7 Å². The highest BCUT2D eigenvalue weighted by Crippen LogP contribution is 2.42. The maximum Gasteiger partial charge on any atom is 0.312 e.